The van der Waals surface area contributed by atoms with Crippen LogP contribution < -0.4 is 4.74 Å². The van der Waals surface area contributed by atoms with Gasteiger partial charge in [0.25, 0.3) is 0 Å². The second-order valence-electron chi connectivity index (χ2n) is 6.64. The van der Waals surface area contributed by atoms with Gasteiger partial charge in [-0.05, 0) is 49.8 Å². The maximum Gasteiger partial charge on any atom is 0.226 e. The third-order valence-electron chi connectivity index (χ3n) is 4.52. The third kappa shape index (κ3) is 4.08. The fourth-order valence-electron chi connectivity index (χ4n) is 2.89. The van der Waals surface area contributed by atoms with Crippen LogP contribution in [0, 0.1) is 12.8 Å². The second-order valence-corrected chi connectivity index (χ2v) is 6.64. The number of hydrogen-bond donors (Lipinski definition) is 0. The largest absolute Gasteiger partial charge is 0.477 e. The number of aryl methyl sites for hydroxylation is 1. The molecule has 1 aliphatic rings. The number of aromatic nitrogens is 2. The van der Waals surface area contributed by atoms with Crippen LogP contribution in [0.15, 0.2) is 53.1 Å². The number of hydrogen-bond acceptors (Lipinski definition) is 4. The Morgan fingerprint density at radius 2 is 1.96 bits per heavy atom. The van der Waals surface area contributed by atoms with Crippen LogP contribution in [0.25, 0.3) is 11.5 Å². The quantitative estimate of drug-likeness (QED) is 0.632. The van der Waals surface area contributed by atoms with E-state index in [9.17, 15) is 0 Å². The Hall–Kier alpha value is -2.62. The molecule has 25 heavy (non-hydrogen) atoms. The van der Waals surface area contributed by atoms with E-state index in [2.05, 4.69) is 16.0 Å². The van der Waals surface area contributed by atoms with Crippen molar-refractivity contribution in [3.8, 4) is 17.3 Å². The minimum atomic E-state index is 0.538. The Morgan fingerprint density at radius 1 is 1.12 bits per heavy atom. The molecule has 1 aromatic carbocycles. The Bertz CT molecular complexity index is 821. The van der Waals surface area contributed by atoms with E-state index in [-0.39, 0.29) is 0 Å². The van der Waals surface area contributed by atoms with Crippen LogP contribution >= 0.6 is 0 Å². The van der Waals surface area contributed by atoms with Crippen molar-refractivity contribution in [3.63, 3.8) is 0 Å². The van der Waals surface area contributed by atoms with Gasteiger partial charge in [-0.25, -0.2) is 9.97 Å². The van der Waals surface area contributed by atoms with Crippen LogP contribution in [0.5, 0.6) is 5.88 Å². The molecule has 2 aromatic heterocycles. The Balaban J connectivity index is 1.33. The average Bonchev–Trinajstić information content (AvgIpc) is 3.38. The Kier molecular flexibility index (Phi) is 4.51. The van der Waals surface area contributed by atoms with Gasteiger partial charge in [-0.3, -0.25) is 0 Å². The fourth-order valence-corrected chi connectivity index (χ4v) is 2.89. The molecule has 0 bridgehead atoms. The summed E-state index contributed by atoms with van der Waals surface area (Å²) in [6, 6.07) is 14.0. The minimum absolute atomic E-state index is 0.538. The summed E-state index contributed by atoms with van der Waals surface area (Å²) in [6.45, 7) is 2.48. The summed E-state index contributed by atoms with van der Waals surface area (Å²) in [5.74, 6) is 3.05. The highest BCUT2D eigenvalue weighted by molar-refractivity contribution is 5.53. The number of pyridine rings is 1. The van der Waals surface area contributed by atoms with E-state index in [0.717, 1.165) is 29.4 Å². The van der Waals surface area contributed by atoms with Crippen molar-refractivity contribution in [2.75, 3.05) is 6.61 Å². The molecule has 0 amide bonds. The molecule has 0 unspecified atom stereocenters. The standard InChI is InChI=1S/C21H22N2O2/c1-15-19(23-21(25-15)18-5-3-2-4-6-18)11-12-24-20-10-9-17(14-22-20)13-16-7-8-16/h2-6,9-10,14,16H,7-8,11-13H2,1H3. The van der Waals surface area contributed by atoms with Gasteiger partial charge >= 0.3 is 0 Å². The van der Waals surface area contributed by atoms with Gasteiger partial charge in [0.1, 0.15) is 5.76 Å². The molecule has 4 heteroatoms. The molecule has 0 spiro atoms. The molecule has 0 saturated heterocycles. The van der Waals surface area contributed by atoms with Gasteiger partial charge in [0.15, 0.2) is 0 Å². The smallest absolute Gasteiger partial charge is 0.226 e. The highest BCUT2D eigenvalue weighted by Gasteiger charge is 2.21. The molecule has 1 saturated carbocycles. The molecular weight excluding hydrogens is 312 g/mol. The van der Waals surface area contributed by atoms with Gasteiger partial charge < -0.3 is 9.15 Å². The van der Waals surface area contributed by atoms with Crippen molar-refractivity contribution in [1.82, 2.24) is 9.97 Å². The number of rotatable bonds is 7. The minimum Gasteiger partial charge on any atom is -0.477 e. The predicted octanol–water partition coefficient (Wildman–Crippen LogP) is 4.62. The van der Waals surface area contributed by atoms with E-state index in [0.29, 0.717) is 24.8 Å². The van der Waals surface area contributed by atoms with Crippen molar-refractivity contribution in [1.29, 1.82) is 0 Å². The van der Waals surface area contributed by atoms with E-state index in [1.807, 2.05) is 49.5 Å². The van der Waals surface area contributed by atoms with Gasteiger partial charge in [0.05, 0.1) is 12.3 Å². The molecule has 4 rings (SSSR count). The fraction of sp³-hybridized carbons (Fsp3) is 0.333. The molecule has 0 radical (unpaired) electrons. The van der Waals surface area contributed by atoms with Gasteiger partial charge in [-0.15, -0.1) is 0 Å². The molecule has 2 heterocycles. The number of oxazole rings is 1. The Morgan fingerprint density at radius 3 is 2.68 bits per heavy atom. The van der Waals surface area contributed by atoms with E-state index in [4.69, 9.17) is 9.15 Å². The summed E-state index contributed by atoms with van der Waals surface area (Å²) in [7, 11) is 0. The number of ether oxygens (including phenoxy) is 1. The van der Waals surface area contributed by atoms with Gasteiger partial charge in [0, 0.05) is 24.2 Å². The van der Waals surface area contributed by atoms with Gasteiger partial charge in [-0.2, -0.15) is 0 Å². The van der Waals surface area contributed by atoms with Crippen molar-refractivity contribution in [3.05, 3.63) is 65.7 Å². The van der Waals surface area contributed by atoms with Crippen molar-refractivity contribution in [2.24, 2.45) is 5.92 Å². The van der Waals surface area contributed by atoms with Crippen molar-refractivity contribution >= 4 is 0 Å². The van der Waals surface area contributed by atoms with Crippen molar-refractivity contribution in [2.45, 2.75) is 32.6 Å². The molecule has 4 nitrogen and oxygen atoms in total. The zero-order valence-corrected chi connectivity index (χ0v) is 14.4. The summed E-state index contributed by atoms with van der Waals surface area (Å²) in [5, 5.41) is 0. The molecule has 0 N–H and O–H groups in total. The van der Waals surface area contributed by atoms with Crippen LogP contribution in [0.4, 0.5) is 0 Å². The summed E-state index contributed by atoms with van der Waals surface area (Å²) < 4.78 is 11.5. The first-order chi connectivity index (χ1) is 12.3. The van der Waals surface area contributed by atoms with Crippen LogP contribution in [-0.4, -0.2) is 16.6 Å². The first kappa shape index (κ1) is 15.9. The molecule has 1 aliphatic carbocycles. The topological polar surface area (TPSA) is 48.2 Å². The summed E-state index contributed by atoms with van der Waals surface area (Å²) in [4.78, 5) is 9.00. The molecule has 0 atom stereocenters. The predicted molar refractivity (Wildman–Crippen MR) is 96.5 cm³/mol. The number of nitrogens with zero attached hydrogens (tertiary/aromatic N) is 2. The second kappa shape index (κ2) is 7.09. The SMILES string of the molecule is Cc1oc(-c2ccccc2)nc1CCOc1ccc(CC2CC2)cn1. The lowest BCUT2D eigenvalue weighted by molar-refractivity contribution is 0.307. The lowest BCUT2D eigenvalue weighted by Crippen LogP contribution is -2.04. The number of benzene rings is 1. The summed E-state index contributed by atoms with van der Waals surface area (Å²) >= 11 is 0. The van der Waals surface area contributed by atoms with Crippen LogP contribution in [0.1, 0.15) is 29.9 Å². The first-order valence-corrected chi connectivity index (χ1v) is 8.87. The zero-order chi connectivity index (χ0) is 17.1. The lowest BCUT2D eigenvalue weighted by atomic mass is 10.1. The summed E-state index contributed by atoms with van der Waals surface area (Å²) in [5.41, 5.74) is 3.23. The molecule has 3 aromatic rings. The molecular formula is C21H22N2O2. The normalized spacial score (nSPS) is 13.8. The van der Waals surface area contributed by atoms with Crippen LogP contribution in [0.2, 0.25) is 0 Å². The lowest BCUT2D eigenvalue weighted by Gasteiger charge is -2.05. The maximum atomic E-state index is 5.78. The van der Waals surface area contributed by atoms with E-state index in [1.165, 1.54) is 18.4 Å². The Labute approximate surface area is 147 Å². The maximum absolute atomic E-state index is 5.78. The van der Waals surface area contributed by atoms with Crippen molar-refractivity contribution < 1.29 is 9.15 Å². The zero-order valence-electron chi connectivity index (χ0n) is 14.4. The first-order valence-electron chi connectivity index (χ1n) is 8.87. The average molecular weight is 334 g/mol. The summed E-state index contributed by atoms with van der Waals surface area (Å²) in [6.07, 6.45) is 6.50. The monoisotopic (exact) mass is 334 g/mol. The molecule has 128 valence electrons. The highest BCUT2D eigenvalue weighted by Crippen LogP contribution is 2.32. The molecule has 0 aliphatic heterocycles. The van der Waals surface area contributed by atoms with E-state index >= 15 is 0 Å². The van der Waals surface area contributed by atoms with E-state index in [1.54, 1.807) is 0 Å². The van der Waals surface area contributed by atoms with Gasteiger partial charge in [-0.1, -0.05) is 24.3 Å². The van der Waals surface area contributed by atoms with Crippen LogP contribution in [0.3, 0.4) is 0 Å². The molecule has 1 fully saturated rings. The highest BCUT2D eigenvalue weighted by atomic mass is 16.5. The van der Waals surface area contributed by atoms with E-state index < -0.39 is 0 Å². The third-order valence-corrected chi connectivity index (χ3v) is 4.52. The van der Waals surface area contributed by atoms with Gasteiger partial charge in [0.2, 0.25) is 11.8 Å². The van der Waals surface area contributed by atoms with Crippen LogP contribution in [-0.2, 0) is 12.8 Å².